The van der Waals surface area contributed by atoms with Crippen molar-refractivity contribution in [1.29, 1.82) is 0 Å². The van der Waals surface area contributed by atoms with Crippen molar-refractivity contribution in [2.24, 2.45) is 11.8 Å². The summed E-state index contributed by atoms with van der Waals surface area (Å²) in [7, 11) is 0. The van der Waals surface area contributed by atoms with Gasteiger partial charge in [-0.2, -0.15) is 0 Å². The molecule has 114 valence electrons. The SMILES string of the molecule is CC(C)[C@H](O)c1cc2c(cc1NC(=O)C1CC1)OCCO2. The van der Waals surface area contributed by atoms with Gasteiger partial charge in [0.2, 0.25) is 5.91 Å². The van der Waals surface area contributed by atoms with E-state index in [1.807, 2.05) is 13.8 Å². The molecule has 1 heterocycles. The lowest BCUT2D eigenvalue weighted by Crippen LogP contribution is -2.20. The molecule has 21 heavy (non-hydrogen) atoms. The van der Waals surface area contributed by atoms with Crippen LogP contribution in [0.5, 0.6) is 11.5 Å². The largest absolute Gasteiger partial charge is 0.486 e. The fourth-order valence-corrected chi connectivity index (χ4v) is 2.40. The Bertz CT molecular complexity index is 551. The van der Waals surface area contributed by atoms with Crippen LogP contribution in [-0.2, 0) is 4.79 Å². The highest BCUT2D eigenvalue weighted by atomic mass is 16.6. The van der Waals surface area contributed by atoms with E-state index in [-0.39, 0.29) is 17.7 Å². The number of amides is 1. The number of anilines is 1. The molecule has 1 aromatic rings. The van der Waals surface area contributed by atoms with Crippen LogP contribution in [0, 0.1) is 11.8 Å². The molecule has 2 aliphatic rings. The first-order valence-corrected chi connectivity index (χ1v) is 7.48. The lowest BCUT2D eigenvalue weighted by Gasteiger charge is -2.24. The summed E-state index contributed by atoms with van der Waals surface area (Å²) < 4.78 is 11.1. The number of hydrogen-bond donors (Lipinski definition) is 2. The van der Waals surface area contributed by atoms with Crippen molar-refractivity contribution in [2.75, 3.05) is 18.5 Å². The van der Waals surface area contributed by atoms with Gasteiger partial charge in [-0.3, -0.25) is 4.79 Å². The van der Waals surface area contributed by atoms with Gasteiger partial charge in [0.1, 0.15) is 13.2 Å². The van der Waals surface area contributed by atoms with E-state index < -0.39 is 6.10 Å². The normalized spacial score (nSPS) is 18.5. The molecule has 5 heteroatoms. The minimum Gasteiger partial charge on any atom is -0.486 e. The standard InChI is InChI=1S/C16H21NO4/c1-9(2)15(18)11-7-13-14(21-6-5-20-13)8-12(11)17-16(19)10-3-4-10/h7-10,15,18H,3-6H2,1-2H3,(H,17,19)/t15-/m0/s1. The van der Waals surface area contributed by atoms with E-state index in [2.05, 4.69) is 5.32 Å². The van der Waals surface area contributed by atoms with Crippen LogP contribution in [0.2, 0.25) is 0 Å². The third kappa shape index (κ3) is 2.97. The number of carbonyl (C=O) groups excluding carboxylic acids is 1. The van der Waals surface area contributed by atoms with E-state index in [4.69, 9.17) is 9.47 Å². The number of rotatable bonds is 4. The summed E-state index contributed by atoms with van der Waals surface area (Å²) in [6.45, 7) is 4.87. The van der Waals surface area contributed by atoms with Crippen molar-refractivity contribution in [2.45, 2.75) is 32.8 Å². The predicted octanol–water partition coefficient (Wildman–Crippen LogP) is 2.50. The smallest absolute Gasteiger partial charge is 0.227 e. The predicted molar refractivity (Wildman–Crippen MR) is 78.6 cm³/mol. The second kappa shape index (κ2) is 5.56. The molecule has 0 unspecified atom stereocenters. The van der Waals surface area contributed by atoms with Gasteiger partial charge in [-0.15, -0.1) is 0 Å². The van der Waals surface area contributed by atoms with Gasteiger partial charge in [0.25, 0.3) is 0 Å². The summed E-state index contributed by atoms with van der Waals surface area (Å²) in [5, 5.41) is 13.3. The van der Waals surface area contributed by atoms with Gasteiger partial charge in [-0.25, -0.2) is 0 Å². The van der Waals surface area contributed by atoms with Crippen LogP contribution in [0.3, 0.4) is 0 Å². The van der Waals surface area contributed by atoms with Gasteiger partial charge in [0.05, 0.1) is 11.8 Å². The van der Waals surface area contributed by atoms with E-state index in [9.17, 15) is 9.90 Å². The van der Waals surface area contributed by atoms with Crippen LogP contribution in [0.25, 0.3) is 0 Å². The maximum atomic E-state index is 12.0. The van der Waals surface area contributed by atoms with Gasteiger partial charge in [0, 0.05) is 17.5 Å². The lowest BCUT2D eigenvalue weighted by atomic mass is 9.96. The van der Waals surface area contributed by atoms with Crippen molar-refractivity contribution in [1.82, 2.24) is 0 Å². The minimum atomic E-state index is -0.657. The molecule has 0 aromatic heterocycles. The Balaban J connectivity index is 1.95. The minimum absolute atomic E-state index is 0.0175. The van der Waals surface area contributed by atoms with E-state index in [1.54, 1.807) is 12.1 Å². The van der Waals surface area contributed by atoms with Crippen LogP contribution in [-0.4, -0.2) is 24.2 Å². The third-order valence-corrected chi connectivity index (χ3v) is 3.87. The molecular weight excluding hydrogens is 270 g/mol. The number of aliphatic hydroxyl groups is 1. The zero-order valence-corrected chi connectivity index (χ0v) is 12.4. The fraction of sp³-hybridized carbons (Fsp3) is 0.562. The van der Waals surface area contributed by atoms with Crippen LogP contribution < -0.4 is 14.8 Å². The average molecular weight is 291 g/mol. The summed E-state index contributed by atoms with van der Waals surface area (Å²) in [6.07, 6.45) is 1.23. The van der Waals surface area contributed by atoms with Crippen LogP contribution in [0.15, 0.2) is 12.1 Å². The van der Waals surface area contributed by atoms with Gasteiger partial charge in [-0.05, 0) is 24.8 Å². The first-order chi connectivity index (χ1) is 10.1. The molecule has 0 bridgehead atoms. The molecule has 1 aromatic carbocycles. The van der Waals surface area contributed by atoms with Crippen molar-refractivity contribution < 1.29 is 19.4 Å². The molecule has 0 radical (unpaired) electrons. The lowest BCUT2D eigenvalue weighted by molar-refractivity contribution is -0.117. The molecule has 1 aliphatic heterocycles. The van der Waals surface area contributed by atoms with E-state index >= 15 is 0 Å². The number of benzene rings is 1. The van der Waals surface area contributed by atoms with Gasteiger partial charge in [0.15, 0.2) is 11.5 Å². The van der Waals surface area contributed by atoms with Crippen molar-refractivity contribution in [3.05, 3.63) is 17.7 Å². The van der Waals surface area contributed by atoms with Crippen LogP contribution in [0.1, 0.15) is 38.4 Å². The maximum Gasteiger partial charge on any atom is 0.227 e. The zero-order valence-electron chi connectivity index (χ0n) is 12.4. The van der Waals surface area contributed by atoms with Crippen molar-refractivity contribution in [3.8, 4) is 11.5 Å². The van der Waals surface area contributed by atoms with E-state index in [0.29, 0.717) is 36.0 Å². The van der Waals surface area contributed by atoms with Gasteiger partial charge >= 0.3 is 0 Å². The molecule has 5 nitrogen and oxygen atoms in total. The number of carbonyl (C=O) groups is 1. The topological polar surface area (TPSA) is 67.8 Å². The Hall–Kier alpha value is -1.75. The Labute approximate surface area is 124 Å². The summed E-state index contributed by atoms with van der Waals surface area (Å²) in [6, 6.07) is 3.54. The average Bonchev–Trinajstić information content (AvgIpc) is 3.30. The molecule has 3 rings (SSSR count). The summed E-state index contributed by atoms with van der Waals surface area (Å²) in [5.74, 6) is 1.42. The number of ether oxygens (including phenoxy) is 2. The second-order valence-electron chi connectivity index (χ2n) is 6.04. The molecular formula is C16H21NO4. The number of hydrogen-bond acceptors (Lipinski definition) is 4. The molecule has 1 saturated carbocycles. The maximum absolute atomic E-state index is 12.0. The number of nitrogens with one attached hydrogen (secondary N) is 1. The van der Waals surface area contributed by atoms with Crippen LogP contribution >= 0.6 is 0 Å². The zero-order chi connectivity index (χ0) is 15.0. The fourth-order valence-electron chi connectivity index (χ4n) is 2.40. The van der Waals surface area contributed by atoms with Gasteiger partial charge < -0.3 is 19.9 Å². The number of aliphatic hydroxyl groups excluding tert-OH is 1. The summed E-state index contributed by atoms with van der Waals surface area (Å²) in [4.78, 5) is 12.0. The second-order valence-corrected chi connectivity index (χ2v) is 6.04. The first kappa shape index (κ1) is 14.2. The van der Waals surface area contributed by atoms with Crippen LogP contribution in [0.4, 0.5) is 5.69 Å². The monoisotopic (exact) mass is 291 g/mol. The summed E-state index contributed by atoms with van der Waals surface area (Å²) >= 11 is 0. The van der Waals surface area contributed by atoms with E-state index in [0.717, 1.165) is 12.8 Å². The molecule has 0 saturated heterocycles. The molecule has 1 aliphatic carbocycles. The Morgan fingerprint density at radius 2 is 1.86 bits per heavy atom. The van der Waals surface area contributed by atoms with E-state index in [1.165, 1.54) is 0 Å². The van der Waals surface area contributed by atoms with Crippen molar-refractivity contribution in [3.63, 3.8) is 0 Å². The highest BCUT2D eigenvalue weighted by Gasteiger charge is 2.31. The molecule has 1 fully saturated rings. The molecule has 0 spiro atoms. The highest BCUT2D eigenvalue weighted by Crippen LogP contribution is 2.40. The third-order valence-electron chi connectivity index (χ3n) is 3.87. The Kier molecular flexibility index (Phi) is 3.76. The quantitative estimate of drug-likeness (QED) is 0.894. The first-order valence-electron chi connectivity index (χ1n) is 7.48. The Morgan fingerprint density at radius 1 is 1.24 bits per heavy atom. The van der Waals surface area contributed by atoms with Gasteiger partial charge in [-0.1, -0.05) is 13.8 Å². The summed E-state index contributed by atoms with van der Waals surface area (Å²) in [5.41, 5.74) is 1.31. The molecule has 1 amide bonds. The molecule has 2 N–H and O–H groups in total. The number of fused-ring (bicyclic) bond motifs is 1. The molecule has 1 atom stereocenters. The Morgan fingerprint density at radius 3 is 2.43 bits per heavy atom. The highest BCUT2D eigenvalue weighted by molar-refractivity contribution is 5.95. The van der Waals surface area contributed by atoms with Crippen molar-refractivity contribution >= 4 is 11.6 Å².